The Kier molecular flexibility index (Phi) is 6.17. The number of rotatable bonds is 4. The van der Waals surface area contributed by atoms with E-state index in [0.29, 0.717) is 27.0 Å². The Morgan fingerprint density at radius 1 is 1.08 bits per heavy atom. The Bertz CT molecular complexity index is 794. The molecule has 124 valence electrons. The maximum atomic E-state index is 11.8. The lowest BCUT2D eigenvalue weighted by Gasteiger charge is -2.07. The zero-order valence-corrected chi connectivity index (χ0v) is 14.1. The quantitative estimate of drug-likeness (QED) is 0.496. The van der Waals surface area contributed by atoms with Gasteiger partial charge in [-0.1, -0.05) is 41.4 Å². The molecule has 0 saturated heterocycles. The summed E-state index contributed by atoms with van der Waals surface area (Å²) in [4.78, 5) is 23.5. The molecule has 0 aliphatic carbocycles. The molecule has 2 aromatic rings. The van der Waals surface area contributed by atoms with Gasteiger partial charge in [-0.2, -0.15) is 5.10 Å². The van der Waals surface area contributed by atoms with E-state index in [1.165, 1.54) is 19.4 Å². The summed E-state index contributed by atoms with van der Waals surface area (Å²) in [6, 6.07) is 11.6. The molecular weight excluding hydrogens is 353 g/mol. The summed E-state index contributed by atoms with van der Waals surface area (Å²) in [7, 11) is 1.48. The number of anilines is 1. The summed E-state index contributed by atoms with van der Waals surface area (Å²) < 4.78 is 5.00. The maximum absolute atomic E-state index is 11.8. The van der Waals surface area contributed by atoms with Crippen LogP contribution < -0.4 is 15.5 Å². The Morgan fingerprint density at radius 3 is 2.50 bits per heavy atom. The minimum Gasteiger partial charge on any atom is -0.495 e. The second-order valence-electron chi connectivity index (χ2n) is 4.52. The van der Waals surface area contributed by atoms with Crippen LogP contribution in [-0.4, -0.2) is 25.1 Å². The van der Waals surface area contributed by atoms with Crippen LogP contribution in [0, 0.1) is 0 Å². The van der Waals surface area contributed by atoms with E-state index in [9.17, 15) is 9.59 Å². The van der Waals surface area contributed by atoms with Crippen molar-refractivity contribution in [2.45, 2.75) is 0 Å². The predicted octanol–water partition coefficient (Wildman–Crippen LogP) is 3.09. The van der Waals surface area contributed by atoms with Crippen LogP contribution in [0.5, 0.6) is 5.75 Å². The molecule has 2 aromatic carbocycles. The summed E-state index contributed by atoms with van der Waals surface area (Å²) in [5.74, 6) is -1.35. The summed E-state index contributed by atoms with van der Waals surface area (Å²) in [5, 5.41) is 6.89. The van der Waals surface area contributed by atoms with Crippen molar-refractivity contribution in [1.82, 2.24) is 5.43 Å². The van der Waals surface area contributed by atoms with Crippen molar-refractivity contribution in [2.24, 2.45) is 5.10 Å². The molecule has 2 amide bonds. The van der Waals surface area contributed by atoms with Gasteiger partial charge >= 0.3 is 11.8 Å². The first-order valence-electron chi connectivity index (χ1n) is 6.73. The maximum Gasteiger partial charge on any atom is 0.329 e. The highest BCUT2D eigenvalue weighted by atomic mass is 35.5. The second-order valence-corrected chi connectivity index (χ2v) is 5.34. The molecule has 0 heterocycles. The molecule has 24 heavy (non-hydrogen) atoms. The van der Waals surface area contributed by atoms with Crippen molar-refractivity contribution >= 4 is 46.9 Å². The van der Waals surface area contributed by atoms with Gasteiger partial charge in [-0.25, -0.2) is 5.43 Å². The third-order valence-electron chi connectivity index (χ3n) is 2.89. The number of carbonyl (C=O) groups is 2. The first kappa shape index (κ1) is 17.8. The Labute approximate surface area is 148 Å². The molecule has 0 radical (unpaired) electrons. The van der Waals surface area contributed by atoms with Crippen LogP contribution in [0.4, 0.5) is 5.69 Å². The average Bonchev–Trinajstić information content (AvgIpc) is 2.56. The van der Waals surface area contributed by atoms with Crippen molar-refractivity contribution < 1.29 is 14.3 Å². The van der Waals surface area contributed by atoms with Crippen LogP contribution in [0.1, 0.15) is 5.56 Å². The summed E-state index contributed by atoms with van der Waals surface area (Å²) in [6.45, 7) is 0. The van der Waals surface area contributed by atoms with E-state index in [4.69, 9.17) is 27.9 Å². The zero-order chi connectivity index (χ0) is 17.5. The van der Waals surface area contributed by atoms with Gasteiger partial charge in [0.1, 0.15) is 5.75 Å². The molecule has 0 saturated carbocycles. The number of amides is 2. The fraction of sp³-hybridized carbons (Fsp3) is 0.0625. The molecule has 0 bridgehead atoms. The molecule has 0 aliphatic heterocycles. The van der Waals surface area contributed by atoms with E-state index >= 15 is 0 Å². The summed E-state index contributed by atoms with van der Waals surface area (Å²) in [6.07, 6.45) is 1.35. The number of halogens is 2. The van der Waals surface area contributed by atoms with Crippen molar-refractivity contribution in [1.29, 1.82) is 0 Å². The lowest BCUT2D eigenvalue weighted by molar-refractivity contribution is -0.136. The molecule has 8 heteroatoms. The number of hydrogen-bond donors (Lipinski definition) is 2. The van der Waals surface area contributed by atoms with Crippen LogP contribution in [0.2, 0.25) is 10.0 Å². The molecule has 0 aliphatic rings. The van der Waals surface area contributed by atoms with Gasteiger partial charge < -0.3 is 10.1 Å². The number of ether oxygens (including phenoxy) is 1. The standard InChI is InChI=1S/C16H13Cl2N3O3/c1-24-14-7-6-11(8-13(14)18)20-15(22)16(23)21-19-9-10-4-2-3-5-12(10)17/h2-9H,1H3,(H,20,22)(H,21,23)/b19-9-. The van der Waals surface area contributed by atoms with Gasteiger partial charge in [0.25, 0.3) is 0 Å². The summed E-state index contributed by atoms with van der Waals surface area (Å²) >= 11 is 11.9. The Balaban J connectivity index is 1.94. The molecule has 2 N–H and O–H groups in total. The van der Waals surface area contributed by atoms with Gasteiger partial charge in [-0.15, -0.1) is 0 Å². The van der Waals surface area contributed by atoms with E-state index in [-0.39, 0.29) is 0 Å². The lowest BCUT2D eigenvalue weighted by atomic mass is 10.2. The van der Waals surface area contributed by atoms with Gasteiger partial charge in [0.15, 0.2) is 0 Å². The third kappa shape index (κ3) is 4.71. The molecule has 0 atom stereocenters. The molecule has 0 unspecified atom stereocenters. The second kappa shape index (κ2) is 8.33. The fourth-order valence-electron chi connectivity index (χ4n) is 1.72. The van der Waals surface area contributed by atoms with Gasteiger partial charge in [-0.05, 0) is 24.3 Å². The normalized spacial score (nSPS) is 10.5. The first-order chi connectivity index (χ1) is 11.5. The SMILES string of the molecule is COc1ccc(NC(=O)C(=O)N/N=C\c2ccccc2Cl)cc1Cl. The van der Waals surface area contributed by atoms with Crippen LogP contribution in [-0.2, 0) is 9.59 Å². The van der Waals surface area contributed by atoms with Crippen molar-refractivity contribution in [3.63, 3.8) is 0 Å². The van der Waals surface area contributed by atoms with Crippen LogP contribution >= 0.6 is 23.2 Å². The molecule has 0 spiro atoms. The molecular formula is C16H13Cl2N3O3. The number of benzene rings is 2. The zero-order valence-electron chi connectivity index (χ0n) is 12.5. The number of nitrogens with zero attached hydrogens (tertiary/aromatic N) is 1. The van der Waals surface area contributed by atoms with Crippen molar-refractivity contribution in [2.75, 3.05) is 12.4 Å². The van der Waals surface area contributed by atoms with Crippen molar-refractivity contribution in [3.05, 3.63) is 58.1 Å². The molecule has 6 nitrogen and oxygen atoms in total. The Hall–Kier alpha value is -2.57. The van der Waals surface area contributed by atoms with Gasteiger partial charge in [0.2, 0.25) is 0 Å². The number of carbonyl (C=O) groups excluding carboxylic acids is 2. The average molecular weight is 366 g/mol. The highest BCUT2D eigenvalue weighted by Crippen LogP contribution is 2.27. The van der Waals surface area contributed by atoms with Crippen molar-refractivity contribution in [3.8, 4) is 5.75 Å². The van der Waals surface area contributed by atoms with Crippen LogP contribution in [0.15, 0.2) is 47.6 Å². The number of nitrogens with one attached hydrogen (secondary N) is 2. The summed E-state index contributed by atoms with van der Waals surface area (Å²) in [5.41, 5.74) is 3.09. The number of hydrazone groups is 1. The highest BCUT2D eigenvalue weighted by molar-refractivity contribution is 6.40. The first-order valence-corrected chi connectivity index (χ1v) is 7.49. The van der Waals surface area contributed by atoms with E-state index in [1.54, 1.807) is 36.4 Å². The van der Waals surface area contributed by atoms with Gasteiger partial charge in [0.05, 0.1) is 18.3 Å². The minimum atomic E-state index is -0.926. The van der Waals surface area contributed by atoms with E-state index < -0.39 is 11.8 Å². The molecule has 2 rings (SSSR count). The van der Waals surface area contributed by atoms with Crippen LogP contribution in [0.25, 0.3) is 0 Å². The van der Waals surface area contributed by atoms with E-state index in [2.05, 4.69) is 15.8 Å². The predicted molar refractivity (Wildman–Crippen MR) is 93.8 cm³/mol. The Morgan fingerprint density at radius 2 is 1.83 bits per heavy atom. The molecule has 0 fully saturated rings. The fourth-order valence-corrected chi connectivity index (χ4v) is 2.17. The largest absolute Gasteiger partial charge is 0.495 e. The topological polar surface area (TPSA) is 79.8 Å². The third-order valence-corrected chi connectivity index (χ3v) is 3.53. The molecule has 0 aromatic heterocycles. The minimum absolute atomic E-state index is 0.312. The number of methoxy groups -OCH3 is 1. The van der Waals surface area contributed by atoms with Gasteiger partial charge in [-0.3, -0.25) is 9.59 Å². The van der Waals surface area contributed by atoms with E-state index in [1.807, 2.05) is 0 Å². The lowest BCUT2D eigenvalue weighted by Crippen LogP contribution is -2.32. The smallest absolute Gasteiger partial charge is 0.329 e. The van der Waals surface area contributed by atoms with E-state index in [0.717, 1.165) is 0 Å². The van der Waals surface area contributed by atoms with Gasteiger partial charge in [0, 0.05) is 16.3 Å². The van der Waals surface area contributed by atoms with Crippen LogP contribution in [0.3, 0.4) is 0 Å². The monoisotopic (exact) mass is 365 g/mol. The highest BCUT2D eigenvalue weighted by Gasteiger charge is 2.13. The number of hydrogen-bond acceptors (Lipinski definition) is 4.